The number of hydrazine groups is 1. The van der Waals surface area contributed by atoms with Crippen LogP contribution in [0.25, 0.3) is 11.1 Å². The van der Waals surface area contributed by atoms with Crippen molar-refractivity contribution in [3.8, 4) is 17.0 Å². The Balaban J connectivity index is 1.77. The van der Waals surface area contributed by atoms with Crippen LogP contribution in [0.1, 0.15) is 29.6 Å². The lowest BCUT2D eigenvalue weighted by atomic mass is 9.95. The summed E-state index contributed by atoms with van der Waals surface area (Å²) in [7, 11) is 0. The minimum absolute atomic E-state index is 0.152. The molecule has 3 rings (SSSR count). The molecule has 0 radical (unpaired) electrons. The Hall–Kier alpha value is -2.36. The Morgan fingerprint density at radius 1 is 1.26 bits per heavy atom. The molecule has 2 N–H and O–H groups in total. The van der Waals surface area contributed by atoms with Crippen molar-refractivity contribution in [3.63, 3.8) is 0 Å². The number of benzene rings is 1. The monoisotopic (exact) mass is 457 g/mol. The van der Waals surface area contributed by atoms with E-state index in [1.807, 2.05) is 0 Å². The number of carbonyl (C=O) groups excluding carboxylic acids is 1. The minimum Gasteiger partial charge on any atom is -0.468 e. The zero-order valence-corrected chi connectivity index (χ0v) is 17.4. The SMILES string of the molecule is O=C(NN1CCC(CCO)CC1)c1cnc(OCC(F)(F)F)c(-c2ccc(Cl)cc2)c1. The van der Waals surface area contributed by atoms with Crippen molar-refractivity contribution >= 4 is 17.5 Å². The van der Waals surface area contributed by atoms with E-state index in [1.54, 1.807) is 29.3 Å². The molecule has 1 aliphatic heterocycles. The summed E-state index contributed by atoms with van der Waals surface area (Å²) in [5.74, 6) is -0.201. The van der Waals surface area contributed by atoms with Crippen molar-refractivity contribution < 1.29 is 27.8 Å². The molecule has 2 heterocycles. The van der Waals surface area contributed by atoms with Crippen LogP contribution >= 0.6 is 11.6 Å². The second-order valence-corrected chi connectivity index (χ2v) is 7.81. The summed E-state index contributed by atoms with van der Waals surface area (Å²) in [5.41, 5.74) is 3.79. The lowest BCUT2D eigenvalue weighted by molar-refractivity contribution is -0.154. The number of aromatic nitrogens is 1. The zero-order valence-electron chi connectivity index (χ0n) is 16.7. The number of alkyl halides is 3. The maximum atomic E-state index is 12.7. The molecule has 0 aliphatic carbocycles. The fourth-order valence-corrected chi connectivity index (χ4v) is 3.53. The van der Waals surface area contributed by atoms with Crippen molar-refractivity contribution in [1.82, 2.24) is 15.4 Å². The number of pyridine rings is 1. The van der Waals surface area contributed by atoms with E-state index in [2.05, 4.69) is 10.4 Å². The van der Waals surface area contributed by atoms with Crippen molar-refractivity contribution in [2.24, 2.45) is 5.92 Å². The van der Waals surface area contributed by atoms with Crippen LogP contribution in [0, 0.1) is 5.92 Å². The van der Waals surface area contributed by atoms with Gasteiger partial charge < -0.3 is 9.84 Å². The van der Waals surface area contributed by atoms with E-state index < -0.39 is 18.7 Å². The van der Waals surface area contributed by atoms with Crippen LogP contribution in [0.2, 0.25) is 5.02 Å². The van der Waals surface area contributed by atoms with Crippen molar-refractivity contribution in [2.75, 3.05) is 26.3 Å². The largest absolute Gasteiger partial charge is 0.468 e. The summed E-state index contributed by atoms with van der Waals surface area (Å²) in [5, 5.41) is 11.3. The summed E-state index contributed by atoms with van der Waals surface area (Å²) in [4.78, 5) is 16.7. The molecule has 6 nitrogen and oxygen atoms in total. The van der Waals surface area contributed by atoms with Gasteiger partial charge in [-0.1, -0.05) is 23.7 Å². The van der Waals surface area contributed by atoms with Gasteiger partial charge in [-0.05, 0) is 48.9 Å². The van der Waals surface area contributed by atoms with Crippen LogP contribution in [0.4, 0.5) is 13.2 Å². The number of nitrogens with one attached hydrogen (secondary N) is 1. The number of amides is 1. The third kappa shape index (κ3) is 6.81. The number of carbonyl (C=O) groups is 1. The van der Waals surface area contributed by atoms with E-state index in [0.29, 0.717) is 29.6 Å². The molecule has 0 atom stereocenters. The van der Waals surface area contributed by atoms with E-state index >= 15 is 0 Å². The molecule has 0 spiro atoms. The summed E-state index contributed by atoms with van der Waals surface area (Å²) in [6.07, 6.45) is -0.857. The smallest absolute Gasteiger partial charge is 0.422 e. The van der Waals surface area contributed by atoms with E-state index in [9.17, 15) is 18.0 Å². The second kappa shape index (κ2) is 10.3. The fraction of sp³-hybridized carbons (Fsp3) is 0.429. The predicted octanol–water partition coefficient (Wildman–Crippen LogP) is 4.08. The number of hydrogen-bond acceptors (Lipinski definition) is 5. The van der Waals surface area contributed by atoms with Crippen LogP contribution in [-0.2, 0) is 0 Å². The minimum atomic E-state index is -4.52. The average Bonchev–Trinajstić information content (AvgIpc) is 2.74. The third-order valence-corrected chi connectivity index (χ3v) is 5.30. The van der Waals surface area contributed by atoms with Gasteiger partial charge in [0.15, 0.2) is 6.61 Å². The molecule has 1 aliphatic rings. The number of piperidine rings is 1. The molecule has 0 saturated carbocycles. The highest BCUT2D eigenvalue weighted by Crippen LogP contribution is 2.31. The highest BCUT2D eigenvalue weighted by Gasteiger charge is 2.29. The Bertz CT molecular complexity index is 886. The summed E-state index contributed by atoms with van der Waals surface area (Å²) >= 11 is 5.90. The number of ether oxygens (including phenoxy) is 1. The molecule has 2 aromatic rings. The number of aliphatic hydroxyl groups is 1. The van der Waals surface area contributed by atoms with E-state index in [-0.39, 0.29) is 23.6 Å². The van der Waals surface area contributed by atoms with Gasteiger partial charge >= 0.3 is 6.18 Å². The van der Waals surface area contributed by atoms with Gasteiger partial charge in [0, 0.05) is 36.5 Å². The van der Waals surface area contributed by atoms with E-state index in [1.165, 1.54) is 12.3 Å². The van der Waals surface area contributed by atoms with Gasteiger partial charge in [-0.3, -0.25) is 10.2 Å². The van der Waals surface area contributed by atoms with Crippen molar-refractivity contribution in [3.05, 3.63) is 47.1 Å². The van der Waals surface area contributed by atoms with Crippen molar-refractivity contribution in [2.45, 2.75) is 25.4 Å². The normalized spacial score (nSPS) is 15.6. The number of halogens is 4. The quantitative estimate of drug-likeness (QED) is 0.655. The third-order valence-electron chi connectivity index (χ3n) is 5.05. The summed E-state index contributed by atoms with van der Waals surface area (Å²) in [6, 6.07) is 7.87. The van der Waals surface area contributed by atoms with Crippen LogP contribution in [0.15, 0.2) is 36.5 Å². The van der Waals surface area contributed by atoms with E-state index in [4.69, 9.17) is 21.4 Å². The molecule has 1 saturated heterocycles. The maximum absolute atomic E-state index is 12.7. The molecular weight excluding hydrogens is 435 g/mol. The zero-order chi connectivity index (χ0) is 22.4. The summed E-state index contributed by atoms with van der Waals surface area (Å²) < 4.78 is 42.7. The Labute approximate surface area is 183 Å². The predicted molar refractivity (Wildman–Crippen MR) is 110 cm³/mol. The topological polar surface area (TPSA) is 74.7 Å². The van der Waals surface area contributed by atoms with Crippen LogP contribution in [0.3, 0.4) is 0 Å². The molecule has 0 bridgehead atoms. The first kappa shape index (κ1) is 23.3. The Kier molecular flexibility index (Phi) is 7.74. The lowest BCUT2D eigenvalue weighted by Gasteiger charge is -2.31. The standard InChI is InChI=1S/C21H23ClF3N3O3/c22-17-3-1-15(2-4-17)18-11-16(12-26-20(18)31-13-21(23,24)25)19(30)27-28-8-5-14(6-9-28)7-10-29/h1-4,11-12,14,29H,5-10,13H2,(H,27,30). The van der Waals surface area contributed by atoms with Crippen LogP contribution < -0.4 is 10.2 Å². The first-order valence-electron chi connectivity index (χ1n) is 9.87. The fourth-order valence-electron chi connectivity index (χ4n) is 3.40. The Morgan fingerprint density at radius 3 is 2.55 bits per heavy atom. The first-order chi connectivity index (χ1) is 14.7. The number of rotatable bonds is 7. The van der Waals surface area contributed by atoms with Gasteiger partial charge in [-0.2, -0.15) is 13.2 Å². The number of nitrogens with zero attached hydrogens (tertiary/aromatic N) is 2. The number of hydrogen-bond donors (Lipinski definition) is 2. The molecule has 1 amide bonds. The average molecular weight is 458 g/mol. The van der Waals surface area contributed by atoms with Crippen molar-refractivity contribution in [1.29, 1.82) is 0 Å². The van der Waals surface area contributed by atoms with Crippen LogP contribution in [-0.4, -0.2) is 53.5 Å². The van der Waals surface area contributed by atoms with Crippen LogP contribution in [0.5, 0.6) is 5.88 Å². The maximum Gasteiger partial charge on any atom is 0.422 e. The molecule has 10 heteroatoms. The Morgan fingerprint density at radius 2 is 1.94 bits per heavy atom. The highest BCUT2D eigenvalue weighted by atomic mass is 35.5. The molecular formula is C21H23ClF3N3O3. The lowest BCUT2D eigenvalue weighted by Crippen LogP contribution is -2.46. The number of aliphatic hydroxyl groups excluding tert-OH is 1. The van der Waals surface area contributed by atoms with E-state index in [0.717, 1.165) is 19.3 Å². The van der Waals surface area contributed by atoms with Gasteiger partial charge in [-0.15, -0.1) is 0 Å². The highest BCUT2D eigenvalue weighted by molar-refractivity contribution is 6.30. The second-order valence-electron chi connectivity index (χ2n) is 7.37. The molecule has 168 valence electrons. The molecule has 1 aromatic carbocycles. The van der Waals surface area contributed by atoms with Gasteiger partial charge in [0.1, 0.15) is 0 Å². The van der Waals surface area contributed by atoms with Gasteiger partial charge in [0.05, 0.1) is 5.56 Å². The van der Waals surface area contributed by atoms with Gasteiger partial charge in [-0.25, -0.2) is 9.99 Å². The van der Waals surface area contributed by atoms with Gasteiger partial charge in [0.25, 0.3) is 5.91 Å². The molecule has 31 heavy (non-hydrogen) atoms. The first-order valence-corrected chi connectivity index (χ1v) is 10.3. The summed E-state index contributed by atoms with van der Waals surface area (Å²) in [6.45, 7) is -0.0326. The molecule has 1 fully saturated rings. The molecule has 1 aromatic heterocycles. The molecule has 0 unspecified atom stereocenters. The van der Waals surface area contributed by atoms with Gasteiger partial charge in [0.2, 0.25) is 5.88 Å².